The first-order valence-corrected chi connectivity index (χ1v) is 6.06. The first-order chi connectivity index (χ1) is 8.69. The van der Waals surface area contributed by atoms with Crippen molar-refractivity contribution in [3.8, 4) is 5.75 Å². The lowest BCUT2D eigenvalue weighted by molar-refractivity contribution is 0.414. The van der Waals surface area contributed by atoms with Gasteiger partial charge in [0.15, 0.2) is 0 Å². The molecule has 0 spiro atoms. The zero-order valence-electron chi connectivity index (χ0n) is 10.4. The minimum Gasteiger partial charge on any atom is -0.497 e. The summed E-state index contributed by atoms with van der Waals surface area (Å²) >= 11 is 5.87. The van der Waals surface area contributed by atoms with Gasteiger partial charge in [-0.1, -0.05) is 23.7 Å². The number of hydrogen-bond donors (Lipinski definition) is 1. The fraction of sp³-hybridized carbons (Fsp3) is 0.214. The van der Waals surface area contributed by atoms with Gasteiger partial charge in [0, 0.05) is 18.4 Å². The van der Waals surface area contributed by atoms with E-state index in [2.05, 4.69) is 10.3 Å². The largest absolute Gasteiger partial charge is 0.497 e. The van der Waals surface area contributed by atoms with Crippen molar-refractivity contribution in [2.75, 3.05) is 12.4 Å². The lowest BCUT2D eigenvalue weighted by Crippen LogP contribution is -2.01. The highest BCUT2D eigenvalue weighted by Gasteiger charge is 2.00. The molecule has 1 aromatic heterocycles. The van der Waals surface area contributed by atoms with Crippen LogP contribution in [-0.2, 0) is 6.54 Å². The predicted octanol–water partition coefficient (Wildman–Crippen LogP) is 3.66. The van der Waals surface area contributed by atoms with Crippen LogP contribution in [0.1, 0.15) is 11.1 Å². The van der Waals surface area contributed by atoms with Crippen molar-refractivity contribution >= 4 is 17.3 Å². The molecule has 2 aromatic rings. The monoisotopic (exact) mass is 262 g/mol. The highest BCUT2D eigenvalue weighted by molar-refractivity contribution is 6.29. The number of halogens is 1. The summed E-state index contributed by atoms with van der Waals surface area (Å²) in [6.07, 6.45) is 1.76. The van der Waals surface area contributed by atoms with E-state index in [9.17, 15) is 0 Å². The van der Waals surface area contributed by atoms with Gasteiger partial charge < -0.3 is 10.1 Å². The fourth-order valence-corrected chi connectivity index (χ4v) is 1.79. The van der Waals surface area contributed by atoms with Gasteiger partial charge in [-0.25, -0.2) is 4.98 Å². The van der Waals surface area contributed by atoms with Crippen molar-refractivity contribution in [3.63, 3.8) is 0 Å². The molecule has 94 valence electrons. The molecule has 0 aliphatic carbocycles. The number of pyridine rings is 1. The minimum absolute atomic E-state index is 0.498. The molecule has 18 heavy (non-hydrogen) atoms. The SMILES string of the molecule is COc1ccc(CNc2cc(Cl)ncc2C)cc1. The van der Waals surface area contributed by atoms with Crippen LogP contribution >= 0.6 is 11.6 Å². The van der Waals surface area contributed by atoms with E-state index < -0.39 is 0 Å². The molecule has 0 fully saturated rings. The van der Waals surface area contributed by atoms with Gasteiger partial charge in [0.25, 0.3) is 0 Å². The second-order valence-electron chi connectivity index (χ2n) is 4.02. The molecule has 4 heteroatoms. The summed E-state index contributed by atoms with van der Waals surface area (Å²) in [5, 5.41) is 3.84. The molecular formula is C14H15ClN2O. The van der Waals surface area contributed by atoms with Crippen molar-refractivity contribution in [1.29, 1.82) is 0 Å². The first-order valence-electron chi connectivity index (χ1n) is 5.68. The molecule has 0 aliphatic rings. The van der Waals surface area contributed by atoms with E-state index in [1.807, 2.05) is 37.3 Å². The number of nitrogens with zero attached hydrogens (tertiary/aromatic N) is 1. The number of ether oxygens (including phenoxy) is 1. The third-order valence-electron chi connectivity index (χ3n) is 2.71. The van der Waals surface area contributed by atoms with Crippen molar-refractivity contribution in [3.05, 3.63) is 52.8 Å². The highest BCUT2D eigenvalue weighted by atomic mass is 35.5. The Kier molecular flexibility index (Phi) is 4.05. The fourth-order valence-electron chi connectivity index (χ4n) is 1.63. The van der Waals surface area contributed by atoms with Gasteiger partial charge in [0.1, 0.15) is 10.9 Å². The van der Waals surface area contributed by atoms with E-state index in [-0.39, 0.29) is 0 Å². The number of methoxy groups -OCH3 is 1. The van der Waals surface area contributed by atoms with Gasteiger partial charge in [-0.3, -0.25) is 0 Å². The number of aryl methyl sites for hydroxylation is 1. The second kappa shape index (κ2) is 5.74. The molecule has 0 saturated carbocycles. The lowest BCUT2D eigenvalue weighted by Gasteiger charge is -2.10. The molecule has 0 unspecified atom stereocenters. The van der Waals surface area contributed by atoms with E-state index >= 15 is 0 Å². The summed E-state index contributed by atoms with van der Waals surface area (Å²) in [5.41, 5.74) is 3.27. The molecule has 0 bridgehead atoms. The predicted molar refractivity (Wildman–Crippen MR) is 74.3 cm³/mol. The van der Waals surface area contributed by atoms with Crippen molar-refractivity contribution in [2.24, 2.45) is 0 Å². The Morgan fingerprint density at radius 1 is 1.28 bits per heavy atom. The Bertz CT molecular complexity index is 526. The smallest absolute Gasteiger partial charge is 0.131 e. The molecule has 0 aliphatic heterocycles. The zero-order valence-corrected chi connectivity index (χ0v) is 11.2. The Labute approximate surface area is 112 Å². The maximum atomic E-state index is 5.87. The van der Waals surface area contributed by atoms with Crippen LogP contribution in [0, 0.1) is 6.92 Å². The minimum atomic E-state index is 0.498. The average Bonchev–Trinajstić information content (AvgIpc) is 2.40. The standard InChI is InChI=1S/C14H15ClN2O/c1-10-8-17-14(15)7-13(10)16-9-11-3-5-12(18-2)6-4-11/h3-8H,9H2,1-2H3,(H,16,17). The van der Waals surface area contributed by atoms with Crippen molar-refractivity contribution in [2.45, 2.75) is 13.5 Å². The maximum absolute atomic E-state index is 5.87. The van der Waals surface area contributed by atoms with Gasteiger partial charge in [0.05, 0.1) is 7.11 Å². The van der Waals surface area contributed by atoms with Gasteiger partial charge in [-0.15, -0.1) is 0 Å². The van der Waals surface area contributed by atoms with E-state index in [1.165, 1.54) is 5.56 Å². The van der Waals surface area contributed by atoms with Crippen LogP contribution in [0.25, 0.3) is 0 Å². The summed E-state index contributed by atoms with van der Waals surface area (Å²) in [5.74, 6) is 0.863. The van der Waals surface area contributed by atoms with E-state index in [0.29, 0.717) is 5.15 Å². The Morgan fingerprint density at radius 2 is 2.00 bits per heavy atom. The number of nitrogens with one attached hydrogen (secondary N) is 1. The Balaban J connectivity index is 2.04. The van der Waals surface area contributed by atoms with Crippen LogP contribution in [0.4, 0.5) is 5.69 Å². The van der Waals surface area contributed by atoms with Crippen molar-refractivity contribution < 1.29 is 4.74 Å². The summed E-state index contributed by atoms with van der Waals surface area (Å²) in [4.78, 5) is 4.03. The zero-order chi connectivity index (χ0) is 13.0. The average molecular weight is 263 g/mol. The lowest BCUT2D eigenvalue weighted by atomic mass is 10.2. The van der Waals surface area contributed by atoms with Crippen LogP contribution < -0.4 is 10.1 Å². The number of anilines is 1. The Morgan fingerprint density at radius 3 is 2.67 bits per heavy atom. The highest BCUT2D eigenvalue weighted by Crippen LogP contribution is 2.19. The number of rotatable bonds is 4. The normalized spacial score (nSPS) is 10.2. The number of benzene rings is 1. The quantitative estimate of drug-likeness (QED) is 0.854. The molecule has 3 nitrogen and oxygen atoms in total. The van der Waals surface area contributed by atoms with Crippen molar-refractivity contribution in [1.82, 2.24) is 4.98 Å². The summed E-state index contributed by atoms with van der Waals surface area (Å²) in [7, 11) is 1.66. The second-order valence-corrected chi connectivity index (χ2v) is 4.41. The molecule has 0 saturated heterocycles. The molecule has 1 heterocycles. The third-order valence-corrected chi connectivity index (χ3v) is 2.92. The molecule has 0 radical (unpaired) electrons. The summed E-state index contributed by atoms with van der Waals surface area (Å²) in [6.45, 7) is 2.74. The Hall–Kier alpha value is -1.74. The van der Waals surface area contributed by atoms with Gasteiger partial charge in [0.2, 0.25) is 0 Å². The number of aromatic nitrogens is 1. The molecule has 1 N–H and O–H groups in total. The molecular weight excluding hydrogens is 248 g/mol. The molecule has 0 atom stereocenters. The van der Waals surface area contributed by atoms with Crippen LogP contribution in [-0.4, -0.2) is 12.1 Å². The van der Waals surface area contributed by atoms with Gasteiger partial charge >= 0.3 is 0 Å². The van der Waals surface area contributed by atoms with Crippen LogP contribution in [0.5, 0.6) is 5.75 Å². The van der Waals surface area contributed by atoms with Gasteiger partial charge in [-0.2, -0.15) is 0 Å². The van der Waals surface area contributed by atoms with E-state index in [4.69, 9.17) is 16.3 Å². The van der Waals surface area contributed by atoms with E-state index in [1.54, 1.807) is 13.3 Å². The van der Waals surface area contributed by atoms with Gasteiger partial charge in [-0.05, 0) is 36.2 Å². The molecule has 1 aromatic carbocycles. The molecule has 2 rings (SSSR count). The summed E-state index contributed by atoms with van der Waals surface area (Å²) < 4.78 is 5.12. The third kappa shape index (κ3) is 3.14. The first kappa shape index (κ1) is 12.7. The maximum Gasteiger partial charge on any atom is 0.131 e. The topological polar surface area (TPSA) is 34.1 Å². The summed E-state index contributed by atoms with van der Waals surface area (Å²) in [6, 6.07) is 9.79. The number of hydrogen-bond acceptors (Lipinski definition) is 3. The van der Waals surface area contributed by atoms with Crippen LogP contribution in [0.3, 0.4) is 0 Å². The van der Waals surface area contributed by atoms with Crippen LogP contribution in [0.15, 0.2) is 36.5 Å². The van der Waals surface area contributed by atoms with E-state index in [0.717, 1.165) is 23.5 Å². The van der Waals surface area contributed by atoms with Crippen LogP contribution in [0.2, 0.25) is 5.15 Å². The molecule has 0 amide bonds.